The van der Waals surface area contributed by atoms with E-state index in [0.717, 1.165) is 11.3 Å². The lowest BCUT2D eigenvalue weighted by molar-refractivity contribution is -0.123. The van der Waals surface area contributed by atoms with Crippen LogP contribution in [0, 0.1) is 6.92 Å². The Balaban J connectivity index is 2.14. The average molecular weight is 478 g/mol. The summed E-state index contributed by atoms with van der Waals surface area (Å²) in [4.78, 5) is 34.5. The third kappa shape index (κ3) is 6.14. The Kier molecular flexibility index (Phi) is 8.13. The van der Waals surface area contributed by atoms with Crippen LogP contribution >= 0.6 is 16.1 Å². The Labute approximate surface area is 185 Å². The van der Waals surface area contributed by atoms with Crippen molar-refractivity contribution in [2.24, 2.45) is 5.73 Å². The molecule has 0 saturated heterocycles. The summed E-state index contributed by atoms with van der Waals surface area (Å²) in [5.41, 5.74) is 7.97. The van der Waals surface area contributed by atoms with Gasteiger partial charge in [-0.15, -0.1) is 0 Å². The first kappa shape index (κ1) is 23.6. The van der Waals surface area contributed by atoms with Crippen LogP contribution in [0.1, 0.15) is 28.7 Å². The molecule has 30 heavy (non-hydrogen) atoms. The van der Waals surface area contributed by atoms with E-state index >= 15 is 0 Å². The van der Waals surface area contributed by atoms with Crippen molar-refractivity contribution in [2.75, 3.05) is 37.9 Å². The highest BCUT2D eigenvalue weighted by atomic mass is 79.9. The average Bonchev–Trinajstić information content (AvgIpc) is 2.68. The molecule has 1 atom stereocenters. The molecule has 2 aromatic rings. The quantitative estimate of drug-likeness (QED) is 0.472. The summed E-state index contributed by atoms with van der Waals surface area (Å²) in [5, 5.41) is 6.06. The zero-order valence-electron chi connectivity index (χ0n) is 17.9. The number of benzene rings is 1. The molecule has 9 nitrogen and oxygen atoms in total. The zero-order chi connectivity index (χ0) is 22.4. The predicted octanol–water partition coefficient (Wildman–Crippen LogP) is 1.98. The number of aromatic nitrogens is 2. The molecule has 0 aliphatic heterocycles. The van der Waals surface area contributed by atoms with Crippen molar-refractivity contribution < 1.29 is 9.59 Å². The van der Waals surface area contributed by atoms with Crippen LogP contribution < -0.4 is 21.3 Å². The predicted molar refractivity (Wildman–Crippen MR) is 122 cm³/mol. The Hall–Kier alpha value is -2.72. The lowest BCUT2D eigenvalue weighted by Gasteiger charge is -2.18. The maximum atomic E-state index is 12.0. The molecule has 0 radical (unpaired) electrons. The molecule has 2 amide bonds. The van der Waals surface area contributed by atoms with Crippen LogP contribution in [-0.2, 0) is 11.2 Å². The summed E-state index contributed by atoms with van der Waals surface area (Å²) in [7, 11) is 5.50. The van der Waals surface area contributed by atoms with Crippen molar-refractivity contribution >= 4 is 45.3 Å². The van der Waals surface area contributed by atoms with Gasteiger partial charge in [-0.2, -0.15) is 0 Å². The number of hydrogen-bond acceptors (Lipinski definition) is 7. The van der Waals surface area contributed by atoms with Crippen LogP contribution in [0.5, 0.6) is 0 Å². The molecule has 4 N–H and O–H groups in total. The van der Waals surface area contributed by atoms with Gasteiger partial charge >= 0.3 is 0 Å². The number of primary amides is 1. The van der Waals surface area contributed by atoms with Crippen LogP contribution in [0.15, 0.2) is 24.3 Å². The second-order valence-corrected chi connectivity index (χ2v) is 8.27. The maximum Gasteiger partial charge on any atom is 0.271 e. The topological polar surface area (TPSA) is 116 Å². The number of nitrogens with two attached hydrogens (primary N) is 1. The number of likely N-dealkylation sites (N-methyl/N-ethyl adjacent to an activating group) is 1. The number of carbonyl (C=O) groups is 2. The molecule has 162 valence electrons. The molecule has 0 saturated carbocycles. The minimum atomic E-state index is -0.650. The van der Waals surface area contributed by atoms with Gasteiger partial charge in [0.05, 0.1) is 11.7 Å². The van der Waals surface area contributed by atoms with Gasteiger partial charge in [0.2, 0.25) is 5.91 Å². The summed E-state index contributed by atoms with van der Waals surface area (Å²) >= 11 is 3.27. The number of carbonyl (C=O) groups excluding carboxylic acids is 2. The van der Waals surface area contributed by atoms with Gasteiger partial charge in [0.25, 0.3) is 5.91 Å². The van der Waals surface area contributed by atoms with Gasteiger partial charge in [-0.25, -0.2) is 13.9 Å². The number of hydrogen-bond donors (Lipinski definition) is 3. The van der Waals surface area contributed by atoms with E-state index in [0.29, 0.717) is 30.3 Å². The van der Waals surface area contributed by atoms with Gasteiger partial charge in [-0.1, -0.05) is 12.1 Å². The number of aryl methyl sites for hydroxylation is 1. The molecule has 10 heteroatoms. The molecular formula is C20H28BrN7O2. The number of nitrogens with one attached hydrogen (secondary N) is 2. The Bertz CT molecular complexity index is 918. The van der Waals surface area contributed by atoms with E-state index in [-0.39, 0.29) is 17.6 Å². The molecule has 0 aliphatic carbocycles. The molecule has 0 aliphatic rings. The molecule has 0 unspecified atom stereocenters. The number of amides is 2. The molecular weight excluding hydrogens is 450 g/mol. The van der Waals surface area contributed by atoms with Crippen molar-refractivity contribution in [1.29, 1.82) is 0 Å². The molecule has 2 rings (SSSR count). The second-order valence-electron chi connectivity index (χ2n) is 7.16. The highest BCUT2D eigenvalue weighted by molar-refractivity contribution is 9.07. The smallest absolute Gasteiger partial charge is 0.271 e. The number of nitrogens with zero attached hydrogens (tertiary/aromatic N) is 4. The van der Waals surface area contributed by atoms with Crippen molar-refractivity contribution in [2.45, 2.75) is 26.3 Å². The summed E-state index contributed by atoms with van der Waals surface area (Å²) in [6.45, 7) is 4.10. The lowest BCUT2D eigenvalue weighted by Crippen LogP contribution is -2.39. The van der Waals surface area contributed by atoms with Gasteiger partial charge < -0.3 is 21.3 Å². The van der Waals surface area contributed by atoms with E-state index in [1.54, 1.807) is 17.9 Å². The Morgan fingerprint density at radius 2 is 1.93 bits per heavy atom. The standard InChI is InChI=1S/C20H28BrN7O2/c1-12-19(27(3)4)26-18(16(24-12)17(22)29)25-15-8-6-7-14(11-15)9-10-23-20(30)13(2)28(5)21/h6-8,11,13H,9-10H2,1-5H3,(H2,22,29)(H,23,30)(H,25,26)/t13-/m0/s1. The Morgan fingerprint density at radius 1 is 1.23 bits per heavy atom. The van der Waals surface area contributed by atoms with Gasteiger partial charge in [-0.05, 0) is 45.0 Å². The SMILES string of the molecule is Cc1nc(C(N)=O)c(Nc2cccc(CCNC(=O)[C@H](C)N(C)Br)c2)nc1N(C)C. The lowest BCUT2D eigenvalue weighted by atomic mass is 10.1. The van der Waals surface area contributed by atoms with Crippen LogP contribution in [0.3, 0.4) is 0 Å². The second kappa shape index (κ2) is 10.4. The molecule has 1 aromatic heterocycles. The van der Waals surface area contributed by atoms with Gasteiger partial charge in [0.1, 0.15) is 0 Å². The van der Waals surface area contributed by atoms with E-state index in [2.05, 4.69) is 36.7 Å². The third-order valence-corrected chi connectivity index (χ3v) is 5.13. The summed E-state index contributed by atoms with van der Waals surface area (Å²) in [6, 6.07) is 7.40. The van der Waals surface area contributed by atoms with Crippen molar-refractivity contribution in [1.82, 2.24) is 19.2 Å². The number of rotatable bonds is 9. The van der Waals surface area contributed by atoms with E-state index in [1.807, 2.05) is 50.2 Å². The molecule has 1 heterocycles. The fraction of sp³-hybridized carbons (Fsp3) is 0.400. The maximum absolute atomic E-state index is 12.0. The monoisotopic (exact) mass is 477 g/mol. The van der Waals surface area contributed by atoms with Gasteiger partial charge in [0.15, 0.2) is 17.3 Å². The first-order valence-corrected chi connectivity index (χ1v) is 10.2. The molecule has 1 aromatic carbocycles. The number of anilines is 3. The summed E-state index contributed by atoms with van der Waals surface area (Å²) in [6.07, 6.45) is 0.658. The first-order valence-electron chi connectivity index (χ1n) is 9.48. The van der Waals surface area contributed by atoms with E-state index in [4.69, 9.17) is 5.73 Å². The first-order chi connectivity index (χ1) is 14.1. The highest BCUT2D eigenvalue weighted by Crippen LogP contribution is 2.23. The van der Waals surface area contributed by atoms with Crippen LogP contribution in [0.2, 0.25) is 0 Å². The minimum absolute atomic E-state index is 0.0547. The van der Waals surface area contributed by atoms with Crippen molar-refractivity contribution in [3.63, 3.8) is 0 Å². The van der Waals surface area contributed by atoms with Crippen LogP contribution in [-0.4, -0.2) is 59.4 Å². The van der Waals surface area contributed by atoms with Crippen molar-refractivity contribution in [3.8, 4) is 0 Å². The summed E-state index contributed by atoms with van der Waals surface area (Å²) in [5.74, 6) is 0.243. The fourth-order valence-electron chi connectivity index (χ4n) is 2.77. The normalized spacial score (nSPS) is 11.8. The highest BCUT2D eigenvalue weighted by Gasteiger charge is 2.17. The third-order valence-electron chi connectivity index (χ3n) is 4.52. The van der Waals surface area contributed by atoms with Crippen LogP contribution in [0.25, 0.3) is 0 Å². The van der Waals surface area contributed by atoms with E-state index in [1.165, 1.54) is 0 Å². The Morgan fingerprint density at radius 3 is 2.53 bits per heavy atom. The summed E-state index contributed by atoms with van der Waals surface area (Å²) < 4.78 is 1.67. The molecule has 0 fully saturated rings. The largest absolute Gasteiger partial charge is 0.364 e. The van der Waals surface area contributed by atoms with Gasteiger partial charge in [0, 0.05) is 42.5 Å². The van der Waals surface area contributed by atoms with Crippen LogP contribution in [0.4, 0.5) is 17.3 Å². The van der Waals surface area contributed by atoms with Gasteiger partial charge in [-0.3, -0.25) is 9.59 Å². The minimum Gasteiger partial charge on any atom is -0.364 e. The molecule has 0 bridgehead atoms. The zero-order valence-corrected chi connectivity index (χ0v) is 19.4. The van der Waals surface area contributed by atoms with E-state index in [9.17, 15) is 9.59 Å². The fourth-order valence-corrected chi connectivity index (χ4v) is 2.96. The van der Waals surface area contributed by atoms with E-state index < -0.39 is 5.91 Å². The number of halogens is 1. The van der Waals surface area contributed by atoms with Crippen molar-refractivity contribution in [3.05, 3.63) is 41.2 Å². The molecule has 0 spiro atoms.